The number of hydrogen-bond acceptors (Lipinski definition) is 2. The van der Waals surface area contributed by atoms with E-state index < -0.39 is 11.8 Å². The molecular formula is C8H9ClFNO2. The summed E-state index contributed by atoms with van der Waals surface area (Å²) in [6.07, 6.45) is 0. The van der Waals surface area contributed by atoms with Crippen LogP contribution >= 0.6 is 12.4 Å². The largest absolute Gasteiger partial charge is 0.478 e. The Hall–Kier alpha value is -1.13. The van der Waals surface area contributed by atoms with Gasteiger partial charge in [0.25, 0.3) is 0 Å². The normalized spacial score (nSPS) is 9.08. The highest BCUT2D eigenvalue weighted by Crippen LogP contribution is 2.11. The molecule has 0 amide bonds. The minimum Gasteiger partial charge on any atom is -0.478 e. The zero-order valence-corrected chi connectivity index (χ0v) is 7.47. The van der Waals surface area contributed by atoms with Gasteiger partial charge in [-0.15, -0.1) is 12.4 Å². The lowest BCUT2D eigenvalue weighted by Crippen LogP contribution is -2.06. The summed E-state index contributed by atoms with van der Waals surface area (Å²) < 4.78 is 13.1. The molecule has 0 radical (unpaired) electrons. The van der Waals surface area contributed by atoms with Crippen LogP contribution in [0.2, 0.25) is 0 Å². The summed E-state index contributed by atoms with van der Waals surface area (Å²) in [5, 5.41) is 8.50. The van der Waals surface area contributed by atoms with Gasteiger partial charge < -0.3 is 10.8 Å². The first kappa shape index (κ1) is 11.9. The van der Waals surface area contributed by atoms with Crippen molar-refractivity contribution in [3.63, 3.8) is 0 Å². The zero-order chi connectivity index (χ0) is 9.14. The van der Waals surface area contributed by atoms with E-state index in [4.69, 9.17) is 10.8 Å². The Bertz CT molecular complexity index is 317. The number of rotatable bonds is 2. The fourth-order valence-corrected chi connectivity index (χ4v) is 0.903. The lowest BCUT2D eigenvalue weighted by Gasteiger charge is -2.01. The second-order valence-corrected chi connectivity index (χ2v) is 2.29. The molecule has 0 saturated heterocycles. The van der Waals surface area contributed by atoms with Gasteiger partial charge in [0.2, 0.25) is 0 Å². The summed E-state index contributed by atoms with van der Waals surface area (Å²) in [5.41, 5.74) is 5.07. The van der Waals surface area contributed by atoms with Crippen LogP contribution < -0.4 is 5.73 Å². The number of hydrogen-bond donors (Lipinski definition) is 2. The Morgan fingerprint density at radius 3 is 2.62 bits per heavy atom. The Morgan fingerprint density at radius 1 is 1.54 bits per heavy atom. The van der Waals surface area contributed by atoms with Crippen LogP contribution in [0.5, 0.6) is 0 Å². The molecule has 3 N–H and O–H groups in total. The van der Waals surface area contributed by atoms with Crippen molar-refractivity contribution in [3.05, 3.63) is 35.1 Å². The molecule has 0 atom stereocenters. The van der Waals surface area contributed by atoms with Crippen LogP contribution in [0, 0.1) is 5.82 Å². The second kappa shape index (κ2) is 4.79. The minimum atomic E-state index is -1.28. The summed E-state index contributed by atoms with van der Waals surface area (Å²) in [7, 11) is 0. The molecule has 72 valence electrons. The van der Waals surface area contributed by atoms with Gasteiger partial charge in [-0.25, -0.2) is 9.18 Å². The van der Waals surface area contributed by atoms with E-state index in [1.807, 2.05) is 0 Å². The van der Waals surface area contributed by atoms with E-state index in [2.05, 4.69) is 0 Å². The van der Waals surface area contributed by atoms with Crippen molar-refractivity contribution in [2.75, 3.05) is 0 Å². The third-order valence-electron chi connectivity index (χ3n) is 1.53. The van der Waals surface area contributed by atoms with Crippen molar-refractivity contribution >= 4 is 18.4 Å². The molecular weight excluding hydrogens is 197 g/mol. The summed E-state index contributed by atoms with van der Waals surface area (Å²) in [6.45, 7) is 0.00690. The smallest absolute Gasteiger partial charge is 0.338 e. The zero-order valence-electron chi connectivity index (χ0n) is 6.66. The van der Waals surface area contributed by atoms with Crippen molar-refractivity contribution in [1.82, 2.24) is 0 Å². The lowest BCUT2D eigenvalue weighted by atomic mass is 10.1. The van der Waals surface area contributed by atoms with Crippen molar-refractivity contribution in [2.24, 2.45) is 5.73 Å². The topological polar surface area (TPSA) is 63.3 Å². The average Bonchev–Trinajstić information content (AvgIpc) is 2.04. The first-order chi connectivity index (χ1) is 5.66. The lowest BCUT2D eigenvalue weighted by molar-refractivity contribution is 0.0691. The van der Waals surface area contributed by atoms with E-state index in [0.29, 0.717) is 0 Å². The van der Waals surface area contributed by atoms with Crippen LogP contribution in [0.4, 0.5) is 4.39 Å². The van der Waals surface area contributed by atoms with Gasteiger partial charge in [-0.05, 0) is 6.07 Å². The number of halogens is 2. The number of aromatic carboxylic acids is 1. The summed E-state index contributed by atoms with van der Waals surface area (Å²) in [4.78, 5) is 10.4. The van der Waals surface area contributed by atoms with Crippen molar-refractivity contribution in [2.45, 2.75) is 6.54 Å². The van der Waals surface area contributed by atoms with Gasteiger partial charge in [-0.2, -0.15) is 0 Å². The monoisotopic (exact) mass is 205 g/mol. The quantitative estimate of drug-likeness (QED) is 0.767. The molecule has 0 bridgehead atoms. The molecule has 0 aromatic heterocycles. The average molecular weight is 206 g/mol. The van der Waals surface area contributed by atoms with E-state index >= 15 is 0 Å². The number of carboxylic acids is 1. The number of benzene rings is 1. The molecule has 0 aliphatic rings. The van der Waals surface area contributed by atoms with Gasteiger partial charge in [-0.1, -0.05) is 12.1 Å². The second-order valence-electron chi connectivity index (χ2n) is 2.29. The molecule has 1 aromatic carbocycles. The first-order valence-corrected chi connectivity index (χ1v) is 3.37. The van der Waals surface area contributed by atoms with Crippen LogP contribution in [0.1, 0.15) is 15.9 Å². The van der Waals surface area contributed by atoms with Gasteiger partial charge in [0.05, 0.1) is 5.56 Å². The molecule has 3 nitrogen and oxygen atoms in total. The summed E-state index contributed by atoms with van der Waals surface area (Å²) in [5.74, 6) is -2.02. The SMILES string of the molecule is Cl.NCc1cccc(C(=O)O)c1F. The van der Waals surface area contributed by atoms with Gasteiger partial charge in [-0.3, -0.25) is 0 Å². The Balaban J connectivity index is 0.00000144. The van der Waals surface area contributed by atoms with Crippen LogP contribution in [-0.4, -0.2) is 11.1 Å². The predicted molar refractivity (Wildman–Crippen MR) is 48.5 cm³/mol. The summed E-state index contributed by atoms with van der Waals surface area (Å²) in [6, 6.07) is 4.13. The van der Waals surface area contributed by atoms with Gasteiger partial charge >= 0.3 is 5.97 Å². The number of carbonyl (C=O) groups is 1. The Morgan fingerprint density at radius 2 is 2.15 bits per heavy atom. The highest BCUT2D eigenvalue weighted by atomic mass is 35.5. The maximum Gasteiger partial charge on any atom is 0.338 e. The molecule has 0 aliphatic heterocycles. The van der Waals surface area contributed by atoms with Crippen LogP contribution in [0.25, 0.3) is 0 Å². The van der Waals surface area contributed by atoms with E-state index in [1.165, 1.54) is 18.2 Å². The van der Waals surface area contributed by atoms with Gasteiger partial charge in [0.1, 0.15) is 5.82 Å². The fraction of sp³-hybridized carbons (Fsp3) is 0.125. The molecule has 0 heterocycles. The number of carboxylic acid groups (broad SMARTS) is 1. The molecule has 1 aromatic rings. The summed E-state index contributed by atoms with van der Waals surface area (Å²) >= 11 is 0. The third kappa shape index (κ3) is 2.40. The van der Waals surface area contributed by atoms with E-state index in [1.54, 1.807) is 0 Å². The maximum atomic E-state index is 13.1. The van der Waals surface area contributed by atoms with Crippen molar-refractivity contribution < 1.29 is 14.3 Å². The predicted octanol–water partition coefficient (Wildman–Crippen LogP) is 1.40. The van der Waals surface area contributed by atoms with Crippen molar-refractivity contribution in [3.8, 4) is 0 Å². The minimum absolute atomic E-state index is 0. The first-order valence-electron chi connectivity index (χ1n) is 3.37. The molecule has 0 fully saturated rings. The molecule has 0 saturated carbocycles. The number of nitrogens with two attached hydrogens (primary N) is 1. The van der Waals surface area contributed by atoms with E-state index in [-0.39, 0.29) is 30.1 Å². The van der Waals surface area contributed by atoms with Gasteiger partial charge in [0, 0.05) is 12.1 Å². The Labute approximate surface area is 80.8 Å². The molecule has 0 aliphatic carbocycles. The molecule has 5 heteroatoms. The van der Waals surface area contributed by atoms with E-state index in [0.717, 1.165) is 0 Å². The maximum absolute atomic E-state index is 13.1. The van der Waals surface area contributed by atoms with Crippen LogP contribution in [0.3, 0.4) is 0 Å². The highest BCUT2D eigenvalue weighted by Gasteiger charge is 2.11. The van der Waals surface area contributed by atoms with Crippen LogP contribution in [-0.2, 0) is 6.54 Å². The molecule has 0 spiro atoms. The molecule has 13 heavy (non-hydrogen) atoms. The molecule has 1 rings (SSSR count). The third-order valence-corrected chi connectivity index (χ3v) is 1.53. The van der Waals surface area contributed by atoms with E-state index in [9.17, 15) is 9.18 Å². The van der Waals surface area contributed by atoms with Crippen LogP contribution in [0.15, 0.2) is 18.2 Å². The standard InChI is InChI=1S/C8H8FNO2.ClH/c9-7-5(4-10)2-1-3-6(7)8(11)12;/h1-3H,4,10H2,(H,11,12);1H. The van der Waals surface area contributed by atoms with Gasteiger partial charge in [0.15, 0.2) is 0 Å². The highest BCUT2D eigenvalue weighted by molar-refractivity contribution is 5.88. The van der Waals surface area contributed by atoms with Crippen molar-refractivity contribution in [1.29, 1.82) is 0 Å². The molecule has 0 unspecified atom stereocenters. The Kier molecular flexibility index (Phi) is 4.37. The fourth-order valence-electron chi connectivity index (χ4n) is 0.903.